The third-order valence-corrected chi connectivity index (χ3v) is 3.62. The molecular weight excluding hydrogens is 332 g/mol. The van der Waals surface area contributed by atoms with Gasteiger partial charge in [0.2, 0.25) is 0 Å². The number of aromatic nitrogens is 2. The number of aromatic amines is 1. The highest BCUT2D eigenvalue weighted by Gasteiger charge is 2.15. The Bertz CT molecular complexity index is 932. The molecule has 0 aliphatic carbocycles. The largest absolute Gasteiger partial charge is 0.457 e. The molecule has 0 spiro atoms. The van der Waals surface area contributed by atoms with Crippen LogP contribution >= 0.6 is 0 Å². The first kappa shape index (κ1) is 17.2. The van der Waals surface area contributed by atoms with Gasteiger partial charge in [-0.3, -0.25) is 14.7 Å². The molecule has 2 aromatic carbocycles. The van der Waals surface area contributed by atoms with Gasteiger partial charge in [0.25, 0.3) is 0 Å². The topological polar surface area (TPSA) is 96.1 Å². The summed E-state index contributed by atoms with van der Waals surface area (Å²) in [6.07, 6.45) is 1.44. The molecule has 2 amide bonds. The van der Waals surface area contributed by atoms with Crippen molar-refractivity contribution in [3.63, 3.8) is 0 Å². The third-order valence-electron chi connectivity index (χ3n) is 3.62. The molecule has 0 aliphatic heterocycles. The van der Waals surface area contributed by atoms with Crippen molar-refractivity contribution >= 4 is 23.2 Å². The van der Waals surface area contributed by atoms with Gasteiger partial charge in [0.15, 0.2) is 0 Å². The Morgan fingerprint density at radius 3 is 2.35 bits per heavy atom. The number of carbonyl (C=O) groups is 2. The van der Waals surface area contributed by atoms with Crippen molar-refractivity contribution in [2.75, 3.05) is 10.6 Å². The molecule has 3 aromatic rings. The molecule has 0 unspecified atom stereocenters. The molecule has 7 nitrogen and oxygen atoms in total. The van der Waals surface area contributed by atoms with Gasteiger partial charge in [0, 0.05) is 5.69 Å². The van der Waals surface area contributed by atoms with Crippen molar-refractivity contribution in [2.45, 2.75) is 13.8 Å². The van der Waals surface area contributed by atoms with Gasteiger partial charge in [-0.15, -0.1) is 0 Å². The Kier molecular flexibility index (Phi) is 4.98. The second kappa shape index (κ2) is 7.52. The highest BCUT2D eigenvalue weighted by atomic mass is 16.5. The maximum atomic E-state index is 12.0. The summed E-state index contributed by atoms with van der Waals surface area (Å²) in [5.74, 6) is -0.170. The Balaban J connectivity index is 1.59. The van der Waals surface area contributed by atoms with E-state index in [4.69, 9.17) is 4.74 Å². The van der Waals surface area contributed by atoms with Gasteiger partial charge >= 0.3 is 11.8 Å². The molecule has 7 heteroatoms. The van der Waals surface area contributed by atoms with E-state index in [9.17, 15) is 9.59 Å². The summed E-state index contributed by atoms with van der Waals surface area (Å²) in [5, 5.41) is 11.5. The zero-order valence-electron chi connectivity index (χ0n) is 14.4. The lowest BCUT2D eigenvalue weighted by Crippen LogP contribution is -2.29. The molecule has 0 radical (unpaired) electrons. The van der Waals surface area contributed by atoms with E-state index in [0.29, 0.717) is 22.8 Å². The van der Waals surface area contributed by atoms with E-state index in [1.165, 1.54) is 6.20 Å². The van der Waals surface area contributed by atoms with Gasteiger partial charge in [-0.1, -0.05) is 12.1 Å². The zero-order valence-corrected chi connectivity index (χ0v) is 14.4. The smallest absolute Gasteiger partial charge is 0.314 e. The predicted octanol–water partition coefficient (Wildman–Crippen LogP) is 3.40. The highest BCUT2D eigenvalue weighted by molar-refractivity contribution is 6.43. The molecular formula is C19H18N4O3. The number of benzene rings is 2. The second-order valence-electron chi connectivity index (χ2n) is 5.76. The maximum Gasteiger partial charge on any atom is 0.314 e. The number of aryl methyl sites for hydroxylation is 2. The summed E-state index contributed by atoms with van der Waals surface area (Å²) in [7, 11) is 0. The van der Waals surface area contributed by atoms with Crippen LogP contribution in [-0.2, 0) is 9.59 Å². The van der Waals surface area contributed by atoms with E-state index in [-0.39, 0.29) is 0 Å². The van der Waals surface area contributed by atoms with E-state index in [1.807, 2.05) is 31.2 Å². The first-order chi connectivity index (χ1) is 12.5. The highest BCUT2D eigenvalue weighted by Crippen LogP contribution is 2.23. The van der Waals surface area contributed by atoms with Gasteiger partial charge in [-0.25, -0.2) is 0 Å². The van der Waals surface area contributed by atoms with Crippen LogP contribution in [0.5, 0.6) is 11.5 Å². The van der Waals surface area contributed by atoms with Crippen LogP contribution in [0.1, 0.15) is 11.3 Å². The first-order valence-corrected chi connectivity index (χ1v) is 7.98. The fourth-order valence-electron chi connectivity index (χ4n) is 2.26. The molecule has 1 heterocycles. The Morgan fingerprint density at radius 1 is 0.962 bits per heavy atom. The number of rotatable bonds is 4. The second-order valence-corrected chi connectivity index (χ2v) is 5.76. The minimum absolute atomic E-state index is 0.465. The van der Waals surface area contributed by atoms with Gasteiger partial charge < -0.3 is 15.4 Å². The van der Waals surface area contributed by atoms with Crippen LogP contribution in [-0.4, -0.2) is 22.0 Å². The standard InChI is InChI=1S/C19H18N4O3/c1-12-4-3-5-16(10-12)26-15-8-6-14(7-9-15)21-18(24)19(25)22-17-11-20-23-13(17)2/h3-11H,1-2H3,(H,20,23)(H,21,24)(H,22,25). The SMILES string of the molecule is Cc1cccc(Oc2ccc(NC(=O)C(=O)Nc3cn[nH]c3C)cc2)c1. The average molecular weight is 350 g/mol. The van der Waals surface area contributed by atoms with E-state index in [0.717, 1.165) is 11.3 Å². The Hall–Kier alpha value is -3.61. The number of hydrogen-bond acceptors (Lipinski definition) is 4. The van der Waals surface area contributed by atoms with Gasteiger partial charge in [0.1, 0.15) is 11.5 Å². The summed E-state index contributed by atoms with van der Waals surface area (Å²) < 4.78 is 5.75. The van der Waals surface area contributed by atoms with Gasteiger partial charge in [-0.2, -0.15) is 5.10 Å². The lowest BCUT2D eigenvalue weighted by molar-refractivity contribution is -0.133. The van der Waals surface area contributed by atoms with Crippen molar-refractivity contribution in [2.24, 2.45) is 0 Å². The molecule has 0 fully saturated rings. The Labute approximate surface area is 150 Å². The number of hydrogen-bond donors (Lipinski definition) is 3. The minimum Gasteiger partial charge on any atom is -0.457 e. The van der Waals surface area contributed by atoms with Crippen molar-refractivity contribution in [3.8, 4) is 11.5 Å². The molecule has 0 saturated heterocycles. The van der Waals surface area contributed by atoms with Crippen LogP contribution in [0, 0.1) is 13.8 Å². The van der Waals surface area contributed by atoms with Crippen LogP contribution in [0.15, 0.2) is 54.7 Å². The predicted molar refractivity (Wildman–Crippen MR) is 98.3 cm³/mol. The molecule has 0 bridgehead atoms. The average Bonchev–Trinajstić information content (AvgIpc) is 3.01. The first-order valence-electron chi connectivity index (χ1n) is 7.98. The molecule has 132 valence electrons. The number of amides is 2. The van der Waals surface area contributed by atoms with Crippen molar-refractivity contribution in [3.05, 3.63) is 66.0 Å². The number of carbonyl (C=O) groups excluding carboxylic acids is 2. The van der Waals surface area contributed by atoms with Crippen molar-refractivity contribution < 1.29 is 14.3 Å². The van der Waals surface area contributed by atoms with Crippen LogP contribution in [0.3, 0.4) is 0 Å². The number of ether oxygens (including phenoxy) is 1. The summed E-state index contributed by atoms with van der Waals surface area (Å²) in [6.45, 7) is 3.73. The van der Waals surface area contributed by atoms with E-state index in [1.54, 1.807) is 31.2 Å². The number of nitrogens with one attached hydrogen (secondary N) is 3. The zero-order chi connectivity index (χ0) is 18.5. The summed E-state index contributed by atoms with van der Waals surface area (Å²) in [4.78, 5) is 23.9. The fraction of sp³-hybridized carbons (Fsp3) is 0.105. The lowest BCUT2D eigenvalue weighted by Gasteiger charge is -2.08. The quantitative estimate of drug-likeness (QED) is 0.628. The van der Waals surface area contributed by atoms with Gasteiger partial charge in [-0.05, 0) is 55.8 Å². The summed E-state index contributed by atoms with van der Waals surface area (Å²) in [5.41, 5.74) is 2.73. The number of anilines is 2. The van der Waals surface area contributed by atoms with Crippen molar-refractivity contribution in [1.82, 2.24) is 10.2 Å². The molecule has 0 atom stereocenters. The molecule has 1 aromatic heterocycles. The fourth-order valence-corrected chi connectivity index (χ4v) is 2.26. The normalized spacial score (nSPS) is 10.2. The summed E-state index contributed by atoms with van der Waals surface area (Å²) in [6, 6.07) is 14.5. The van der Waals surface area contributed by atoms with Crippen LogP contribution in [0.25, 0.3) is 0 Å². The monoisotopic (exact) mass is 350 g/mol. The summed E-state index contributed by atoms with van der Waals surface area (Å²) >= 11 is 0. The molecule has 3 N–H and O–H groups in total. The van der Waals surface area contributed by atoms with E-state index in [2.05, 4.69) is 20.8 Å². The van der Waals surface area contributed by atoms with Gasteiger partial charge in [0.05, 0.1) is 17.6 Å². The molecule has 0 aliphatic rings. The maximum absolute atomic E-state index is 12.0. The third kappa shape index (κ3) is 4.27. The Morgan fingerprint density at radius 2 is 1.69 bits per heavy atom. The van der Waals surface area contributed by atoms with Crippen molar-refractivity contribution in [1.29, 1.82) is 0 Å². The molecule has 3 rings (SSSR count). The lowest BCUT2D eigenvalue weighted by atomic mass is 10.2. The van der Waals surface area contributed by atoms with E-state index >= 15 is 0 Å². The van der Waals surface area contributed by atoms with Crippen LogP contribution in [0.2, 0.25) is 0 Å². The minimum atomic E-state index is -0.769. The molecule has 26 heavy (non-hydrogen) atoms. The number of nitrogens with zero attached hydrogens (tertiary/aromatic N) is 1. The molecule has 0 saturated carbocycles. The van der Waals surface area contributed by atoms with E-state index < -0.39 is 11.8 Å². The number of H-pyrrole nitrogens is 1. The van der Waals surface area contributed by atoms with Crippen LogP contribution < -0.4 is 15.4 Å². The van der Waals surface area contributed by atoms with Crippen LogP contribution in [0.4, 0.5) is 11.4 Å².